The minimum atomic E-state index is -0.207. The van der Waals surface area contributed by atoms with Crippen LogP contribution in [0, 0.1) is 0 Å². The zero-order valence-corrected chi connectivity index (χ0v) is 14.9. The Hall–Kier alpha value is -2.08. The highest BCUT2D eigenvalue weighted by atomic mass is 16.2. The monoisotopic (exact) mass is 330 g/mol. The zero-order valence-electron chi connectivity index (χ0n) is 14.9. The molecule has 0 bridgehead atoms. The minimum absolute atomic E-state index is 0.0166. The Kier molecular flexibility index (Phi) is 4.49. The molecule has 1 fully saturated rings. The van der Waals surface area contributed by atoms with Gasteiger partial charge < -0.3 is 20.0 Å². The Labute approximate surface area is 143 Å². The van der Waals surface area contributed by atoms with Crippen molar-refractivity contribution in [3.63, 3.8) is 0 Å². The average molecular weight is 330 g/mol. The van der Waals surface area contributed by atoms with Crippen molar-refractivity contribution in [2.45, 2.75) is 31.8 Å². The number of carbonyl (C=O) groups is 2. The first kappa shape index (κ1) is 16.8. The third-order valence-corrected chi connectivity index (χ3v) is 5.40. The zero-order chi connectivity index (χ0) is 17.4. The van der Waals surface area contributed by atoms with Crippen LogP contribution in [0.1, 0.15) is 30.1 Å². The second kappa shape index (κ2) is 6.43. The Morgan fingerprint density at radius 3 is 2.58 bits per heavy atom. The van der Waals surface area contributed by atoms with Gasteiger partial charge in [-0.05, 0) is 58.1 Å². The number of benzene rings is 1. The van der Waals surface area contributed by atoms with Crippen LogP contribution in [0.5, 0.6) is 0 Å². The number of amides is 2. The number of likely N-dealkylation sites (N-methyl/N-ethyl adjacent to an activating group) is 1. The van der Waals surface area contributed by atoms with E-state index in [1.807, 2.05) is 43.0 Å². The number of piperidine rings is 1. The van der Waals surface area contributed by atoms with Crippen molar-refractivity contribution in [3.05, 3.63) is 23.8 Å². The summed E-state index contributed by atoms with van der Waals surface area (Å²) in [4.78, 5) is 30.9. The molecule has 24 heavy (non-hydrogen) atoms. The van der Waals surface area contributed by atoms with E-state index in [9.17, 15) is 9.59 Å². The van der Waals surface area contributed by atoms with E-state index in [1.54, 1.807) is 6.07 Å². The van der Waals surface area contributed by atoms with Gasteiger partial charge in [0.15, 0.2) is 0 Å². The molecule has 0 saturated carbocycles. The van der Waals surface area contributed by atoms with Crippen LogP contribution >= 0.6 is 0 Å². The second-order valence-corrected chi connectivity index (χ2v) is 6.96. The molecule has 6 nitrogen and oxygen atoms in total. The summed E-state index contributed by atoms with van der Waals surface area (Å²) in [5, 5.41) is 2.90. The van der Waals surface area contributed by atoms with Crippen molar-refractivity contribution in [1.29, 1.82) is 0 Å². The van der Waals surface area contributed by atoms with Crippen LogP contribution < -0.4 is 10.2 Å². The standard InChI is InChI=1S/C18H26N4O2/c1-12-17(23)19-15-11-13(5-6-16(15)21(12)3)18(24)22(4)14-7-9-20(2)10-8-14/h5-6,11-12,14H,7-10H2,1-4H3,(H,19,23). The molecular formula is C18H26N4O2. The molecule has 0 spiro atoms. The van der Waals surface area contributed by atoms with Crippen molar-refractivity contribution in [1.82, 2.24) is 9.80 Å². The topological polar surface area (TPSA) is 55.9 Å². The van der Waals surface area contributed by atoms with Crippen LogP contribution in [0.3, 0.4) is 0 Å². The van der Waals surface area contributed by atoms with Gasteiger partial charge in [0.1, 0.15) is 6.04 Å². The van der Waals surface area contributed by atoms with Crippen LogP contribution in [-0.2, 0) is 4.79 Å². The lowest BCUT2D eigenvalue weighted by molar-refractivity contribution is -0.117. The second-order valence-electron chi connectivity index (χ2n) is 6.96. The fraction of sp³-hybridized carbons (Fsp3) is 0.556. The van der Waals surface area contributed by atoms with Crippen molar-refractivity contribution in [3.8, 4) is 0 Å². The first-order chi connectivity index (χ1) is 11.4. The Balaban J connectivity index is 1.79. The number of anilines is 2. The van der Waals surface area contributed by atoms with Gasteiger partial charge >= 0.3 is 0 Å². The highest BCUT2D eigenvalue weighted by molar-refractivity contribution is 6.05. The van der Waals surface area contributed by atoms with Gasteiger partial charge in [0.05, 0.1) is 11.4 Å². The molecular weight excluding hydrogens is 304 g/mol. The number of hydrogen-bond acceptors (Lipinski definition) is 4. The molecule has 130 valence electrons. The van der Waals surface area contributed by atoms with E-state index >= 15 is 0 Å². The Morgan fingerprint density at radius 1 is 1.25 bits per heavy atom. The predicted octanol–water partition coefficient (Wildman–Crippen LogP) is 1.63. The lowest BCUT2D eigenvalue weighted by Crippen LogP contribution is -2.45. The first-order valence-corrected chi connectivity index (χ1v) is 8.52. The van der Waals surface area contributed by atoms with E-state index in [1.165, 1.54) is 0 Å². The van der Waals surface area contributed by atoms with E-state index in [0.717, 1.165) is 31.6 Å². The quantitative estimate of drug-likeness (QED) is 0.895. The molecule has 1 saturated heterocycles. The summed E-state index contributed by atoms with van der Waals surface area (Å²) in [5.41, 5.74) is 2.28. The molecule has 2 heterocycles. The third-order valence-electron chi connectivity index (χ3n) is 5.40. The molecule has 1 aromatic rings. The third kappa shape index (κ3) is 2.98. The summed E-state index contributed by atoms with van der Waals surface area (Å²) in [7, 11) is 5.89. The van der Waals surface area contributed by atoms with Gasteiger partial charge in [-0.15, -0.1) is 0 Å². The summed E-state index contributed by atoms with van der Waals surface area (Å²) in [6, 6.07) is 5.64. The summed E-state index contributed by atoms with van der Waals surface area (Å²) in [6.45, 7) is 3.90. The van der Waals surface area contributed by atoms with Crippen molar-refractivity contribution >= 4 is 23.2 Å². The van der Waals surface area contributed by atoms with Crippen LogP contribution in [0.4, 0.5) is 11.4 Å². The molecule has 1 atom stereocenters. The van der Waals surface area contributed by atoms with Crippen LogP contribution in [-0.4, -0.2) is 67.9 Å². The number of rotatable bonds is 2. The number of carbonyl (C=O) groups excluding carboxylic acids is 2. The van der Waals surface area contributed by atoms with Crippen molar-refractivity contribution in [2.75, 3.05) is 44.4 Å². The van der Waals surface area contributed by atoms with Gasteiger partial charge in [-0.1, -0.05) is 0 Å². The first-order valence-electron chi connectivity index (χ1n) is 8.52. The largest absolute Gasteiger partial charge is 0.361 e. The molecule has 2 aliphatic heterocycles. The molecule has 3 rings (SSSR count). The molecule has 1 unspecified atom stereocenters. The highest BCUT2D eigenvalue weighted by Crippen LogP contribution is 2.32. The molecule has 2 aliphatic rings. The summed E-state index contributed by atoms with van der Waals surface area (Å²) < 4.78 is 0. The molecule has 1 aromatic carbocycles. The normalized spacial score (nSPS) is 22.1. The van der Waals surface area contributed by atoms with E-state index < -0.39 is 0 Å². The number of likely N-dealkylation sites (tertiary alicyclic amines) is 1. The van der Waals surface area contributed by atoms with Gasteiger partial charge in [0.25, 0.3) is 5.91 Å². The fourth-order valence-electron chi connectivity index (χ4n) is 3.45. The van der Waals surface area contributed by atoms with Gasteiger partial charge in [-0.3, -0.25) is 9.59 Å². The maximum atomic E-state index is 12.8. The Bertz CT molecular complexity index is 652. The summed E-state index contributed by atoms with van der Waals surface area (Å²) in [5.74, 6) is -0.0267. The van der Waals surface area contributed by atoms with Crippen LogP contribution in [0.15, 0.2) is 18.2 Å². The van der Waals surface area contributed by atoms with Crippen molar-refractivity contribution < 1.29 is 9.59 Å². The molecule has 0 radical (unpaired) electrons. The molecule has 6 heteroatoms. The SMILES string of the molecule is CC1C(=O)Nc2cc(C(=O)N(C)C3CCN(C)CC3)ccc2N1C. The average Bonchev–Trinajstić information content (AvgIpc) is 2.58. The number of nitrogens with one attached hydrogen (secondary N) is 1. The molecule has 2 amide bonds. The smallest absolute Gasteiger partial charge is 0.253 e. The lowest BCUT2D eigenvalue weighted by Gasteiger charge is -2.36. The number of nitrogens with zero attached hydrogens (tertiary/aromatic N) is 3. The van der Waals surface area contributed by atoms with E-state index in [-0.39, 0.29) is 23.9 Å². The summed E-state index contributed by atoms with van der Waals surface area (Å²) in [6.07, 6.45) is 2.00. The number of fused-ring (bicyclic) bond motifs is 1. The maximum absolute atomic E-state index is 12.8. The predicted molar refractivity (Wildman–Crippen MR) is 95.5 cm³/mol. The van der Waals surface area contributed by atoms with Gasteiger partial charge in [-0.2, -0.15) is 0 Å². The van der Waals surface area contributed by atoms with Gasteiger partial charge in [-0.25, -0.2) is 0 Å². The molecule has 0 aliphatic carbocycles. The van der Waals surface area contributed by atoms with E-state index in [4.69, 9.17) is 0 Å². The molecule has 1 N–H and O–H groups in total. The van der Waals surface area contributed by atoms with Crippen LogP contribution in [0.25, 0.3) is 0 Å². The highest BCUT2D eigenvalue weighted by Gasteiger charge is 2.29. The van der Waals surface area contributed by atoms with Gasteiger partial charge in [0.2, 0.25) is 5.91 Å². The Morgan fingerprint density at radius 2 is 1.92 bits per heavy atom. The van der Waals surface area contributed by atoms with Crippen LogP contribution in [0.2, 0.25) is 0 Å². The fourth-order valence-corrected chi connectivity index (χ4v) is 3.45. The maximum Gasteiger partial charge on any atom is 0.253 e. The van der Waals surface area contributed by atoms with E-state index in [0.29, 0.717) is 11.3 Å². The molecule has 0 aromatic heterocycles. The number of hydrogen-bond donors (Lipinski definition) is 1. The van der Waals surface area contributed by atoms with Gasteiger partial charge in [0, 0.05) is 25.7 Å². The summed E-state index contributed by atoms with van der Waals surface area (Å²) >= 11 is 0. The van der Waals surface area contributed by atoms with E-state index in [2.05, 4.69) is 17.3 Å². The van der Waals surface area contributed by atoms with Crippen molar-refractivity contribution in [2.24, 2.45) is 0 Å². The lowest BCUT2D eigenvalue weighted by atomic mass is 10.0. The minimum Gasteiger partial charge on any atom is -0.361 e.